The second kappa shape index (κ2) is 9.07. The highest BCUT2D eigenvalue weighted by Crippen LogP contribution is 2.36. The number of nitrogens with two attached hydrogens (primary N) is 1. The third-order valence-corrected chi connectivity index (χ3v) is 4.72. The highest BCUT2D eigenvalue weighted by Gasteiger charge is 2.24. The average Bonchev–Trinajstić information content (AvgIpc) is 3.36. The summed E-state index contributed by atoms with van der Waals surface area (Å²) in [5.74, 6) is -1.07. The van der Waals surface area contributed by atoms with E-state index in [1.54, 1.807) is 36.6 Å². The van der Waals surface area contributed by atoms with Crippen LogP contribution in [0.2, 0.25) is 0 Å². The number of nitrogens with one attached hydrogen (secondary N) is 1. The number of benzene rings is 1. The van der Waals surface area contributed by atoms with Gasteiger partial charge in [0.05, 0.1) is 18.4 Å². The number of furan rings is 1. The molecule has 3 aromatic rings. The Kier molecular flexibility index (Phi) is 6.30. The zero-order valence-electron chi connectivity index (χ0n) is 15.5. The smallest absolute Gasteiger partial charge is 0.341 e. The molecule has 0 radical (unpaired) electrons. The Morgan fingerprint density at radius 1 is 1.17 bits per heavy atom. The molecular weight excluding hydrogens is 396 g/mol. The third-order valence-electron chi connectivity index (χ3n) is 3.82. The van der Waals surface area contributed by atoms with Crippen LogP contribution in [-0.4, -0.2) is 31.0 Å². The molecule has 0 aliphatic carbocycles. The molecule has 1 aromatic carbocycles. The topological polar surface area (TPSA) is 121 Å². The number of ether oxygens (including phenoxy) is 2. The van der Waals surface area contributed by atoms with E-state index in [1.807, 2.05) is 0 Å². The van der Waals surface area contributed by atoms with Crippen molar-refractivity contribution in [1.29, 1.82) is 0 Å². The summed E-state index contributed by atoms with van der Waals surface area (Å²) >= 11 is 1.16. The summed E-state index contributed by atoms with van der Waals surface area (Å²) in [4.78, 5) is 36.2. The molecule has 2 amide bonds. The van der Waals surface area contributed by atoms with Gasteiger partial charge in [0.15, 0.2) is 6.61 Å². The number of rotatable bonds is 8. The first kappa shape index (κ1) is 20.2. The molecule has 3 rings (SSSR count). The van der Waals surface area contributed by atoms with Gasteiger partial charge in [-0.2, -0.15) is 0 Å². The number of amides is 2. The van der Waals surface area contributed by atoms with E-state index in [0.717, 1.165) is 11.3 Å². The lowest BCUT2D eigenvalue weighted by molar-refractivity contribution is -0.118. The van der Waals surface area contributed by atoms with Crippen LogP contribution in [0.3, 0.4) is 0 Å². The molecule has 0 bridgehead atoms. The van der Waals surface area contributed by atoms with E-state index in [-0.39, 0.29) is 30.1 Å². The molecule has 0 unspecified atom stereocenters. The zero-order chi connectivity index (χ0) is 20.8. The molecule has 9 heteroatoms. The second-order valence-corrected chi connectivity index (χ2v) is 6.63. The van der Waals surface area contributed by atoms with Gasteiger partial charge >= 0.3 is 5.97 Å². The maximum atomic E-state index is 12.4. The number of para-hydroxylation sites is 1. The number of hydrogen-bond acceptors (Lipinski definition) is 7. The third kappa shape index (κ3) is 4.64. The molecule has 0 atom stereocenters. The largest absolute Gasteiger partial charge is 0.483 e. The fraction of sp³-hybridized carbons (Fsp3) is 0.150. The van der Waals surface area contributed by atoms with Gasteiger partial charge in [0, 0.05) is 10.9 Å². The summed E-state index contributed by atoms with van der Waals surface area (Å²) < 4.78 is 15.9. The Balaban J connectivity index is 1.77. The van der Waals surface area contributed by atoms with E-state index in [2.05, 4.69) is 5.32 Å². The van der Waals surface area contributed by atoms with Crippen LogP contribution in [0.15, 0.2) is 52.5 Å². The first-order valence-electron chi connectivity index (χ1n) is 8.65. The number of hydrogen-bond donors (Lipinski definition) is 2. The summed E-state index contributed by atoms with van der Waals surface area (Å²) in [7, 11) is 0. The molecule has 0 saturated heterocycles. The SMILES string of the molecule is CCOC(=O)c1c(-c2ccco2)csc1NC(=O)COc1ccccc1C(N)=O. The van der Waals surface area contributed by atoms with Gasteiger partial charge in [0.1, 0.15) is 22.1 Å². The van der Waals surface area contributed by atoms with Gasteiger partial charge in [0.25, 0.3) is 11.8 Å². The van der Waals surface area contributed by atoms with Gasteiger partial charge in [-0.05, 0) is 31.2 Å². The average molecular weight is 414 g/mol. The highest BCUT2D eigenvalue weighted by molar-refractivity contribution is 7.15. The minimum atomic E-state index is -0.660. The van der Waals surface area contributed by atoms with Crippen molar-refractivity contribution in [3.05, 3.63) is 59.2 Å². The summed E-state index contributed by atoms with van der Waals surface area (Å²) in [6, 6.07) is 9.75. The number of esters is 1. The van der Waals surface area contributed by atoms with Crippen LogP contribution < -0.4 is 15.8 Å². The van der Waals surface area contributed by atoms with Crippen LogP contribution in [0.1, 0.15) is 27.6 Å². The van der Waals surface area contributed by atoms with E-state index in [9.17, 15) is 14.4 Å². The van der Waals surface area contributed by atoms with Gasteiger partial charge in [-0.3, -0.25) is 9.59 Å². The minimum absolute atomic E-state index is 0.170. The monoisotopic (exact) mass is 414 g/mol. The van der Waals surface area contributed by atoms with Crippen molar-refractivity contribution in [2.45, 2.75) is 6.92 Å². The maximum absolute atomic E-state index is 12.4. The Hall–Kier alpha value is -3.59. The van der Waals surface area contributed by atoms with Gasteiger partial charge in [-0.1, -0.05) is 12.1 Å². The zero-order valence-corrected chi connectivity index (χ0v) is 16.3. The standard InChI is InChI=1S/C20H18N2O6S/c1-2-26-20(25)17-13(15-8-5-9-27-15)11-29-19(17)22-16(23)10-28-14-7-4-3-6-12(14)18(21)24/h3-9,11H,2,10H2,1H3,(H2,21,24)(H,22,23). The van der Waals surface area contributed by atoms with Crippen molar-refractivity contribution in [3.63, 3.8) is 0 Å². The summed E-state index contributed by atoms with van der Waals surface area (Å²) in [5.41, 5.74) is 6.20. The molecule has 150 valence electrons. The lowest BCUT2D eigenvalue weighted by Gasteiger charge is -2.10. The van der Waals surface area contributed by atoms with Gasteiger partial charge in [-0.25, -0.2) is 4.79 Å². The molecule has 0 aliphatic heterocycles. The van der Waals surface area contributed by atoms with Gasteiger partial charge in [-0.15, -0.1) is 11.3 Å². The van der Waals surface area contributed by atoms with Crippen LogP contribution in [0.4, 0.5) is 5.00 Å². The molecule has 0 fully saturated rings. The minimum Gasteiger partial charge on any atom is -0.483 e. The summed E-state index contributed by atoms with van der Waals surface area (Å²) in [6.07, 6.45) is 1.49. The van der Waals surface area contributed by atoms with Crippen molar-refractivity contribution in [1.82, 2.24) is 0 Å². The number of carbonyl (C=O) groups is 3. The van der Waals surface area contributed by atoms with Crippen molar-refractivity contribution < 1.29 is 28.3 Å². The lowest BCUT2D eigenvalue weighted by Crippen LogP contribution is -2.22. The van der Waals surface area contributed by atoms with Crippen molar-refractivity contribution >= 4 is 34.1 Å². The number of thiophene rings is 1. The maximum Gasteiger partial charge on any atom is 0.341 e. The molecule has 3 N–H and O–H groups in total. The summed E-state index contributed by atoms with van der Waals surface area (Å²) in [5, 5.41) is 4.66. The van der Waals surface area contributed by atoms with Gasteiger partial charge < -0.3 is 24.9 Å². The Labute approximate surface area is 170 Å². The van der Waals surface area contributed by atoms with E-state index in [0.29, 0.717) is 16.3 Å². The van der Waals surface area contributed by atoms with Crippen LogP contribution in [0.25, 0.3) is 11.3 Å². The summed E-state index contributed by atoms with van der Waals surface area (Å²) in [6.45, 7) is 1.51. The Morgan fingerprint density at radius 2 is 1.97 bits per heavy atom. The molecular formula is C20H18N2O6S. The number of anilines is 1. The lowest BCUT2D eigenvalue weighted by atomic mass is 10.1. The molecule has 0 spiro atoms. The van der Waals surface area contributed by atoms with Crippen molar-refractivity contribution in [2.75, 3.05) is 18.5 Å². The van der Waals surface area contributed by atoms with Crippen LogP contribution in [0.5, 0.6) is 5.75 Å². The van der Waals surface area contributed by atoms with Crippen LogP contribution >= 0.6 is 11.3 Å². The van der Waals surface area contributed by atoms with E-state index < -0.39 is 17.8 Å². The van der Waals surface area contributed by atoms with E-state index in [4.69, 9.17) is 19.6 Å². The number of carbonyl (C=O) groups excluding carboxylic acids is 3. The Bertz CT molecular complexity index is 1030. The Morgan fingerprint density at radius 3 is 2.66 bits per heavy atom. The van der Waals surface area contributed by atoms with E-state index >= 15 is 0 Å². The predicted octanol–water partition coefficient (Wildman–Crippen LogP) is 3.30. The highest BCUT2D eigenvalue weighted by atomic mass is 32.1. The first-order chi connectivity index (χ1) is 14.0. The van der Waals surface area contributed by atoms with E-state index in [1.165, 1.54) is 18.4 Å². The molecule has 8 nitrogen and oxygen atoms in total. The fourth-order valence-electron chi connectivity index (χ4n) is 2.57. The quantitative estimate of drug-likeness (QED) is 0.546. The molecule has 0 aliphatic rings. The molecule has 2 heterocycles. The van der Waals surface area contributed by atoms with Crippen molar-refractivity contribution in [2.24, 2.45) is 5.73 Å². The fourth-order valence-corrected chi connectivity index (χ4v) is 3.52. The first-order valence-corrected chi connectivity index (χ1v) is 9.53. The van der Waals surface area contributed by atoms with Crippen LogP contribution in [-0.2, 0) is 9.53 Å². The van der Waals surface area contributed by atoms with Crippen LogP contribution in [0, 0.1) is 0 Å². The van der Waals surface area contributed by atoms with Gasteiger partial charge in [0.2, 0.25) is 0 Å². The second-order valence-electron chi connectivity index (χ2n) is 5.75. The van der Waals surface area contributed by atoms with Crippen molar-refractivity contribution in [3.8, 4) is 17.1 Å². The normalized spacial score (nSPS) is 10.4. The molecule has 0 saturated carbocycles. The molecule has 29 heavy (non-hydrogen) atoms. The predicted molar refractivity (Wildman–Crippen MR) is 107 cm³/mol. The number of primary amides is 1. The molecule has 2 aromatic heterocycles.